The van der Waals surface area contributed by atoms with Crippen LogP contribution in [0.2, 0.25) is 0 Å². The molecule has 0 aliphatic carbocycles. The van der Waals surface area contributed by atoms with Gasteiger partial charge >= 0.3 is 0 Å². The van der Waals surface area contributed by atoms with Gasteiger partial charge in [0.2, 0.25) is 0 Å². The molecule has 2 N–H and O–H groups in total. The number of nitrogens with one attached hydrogen (secondary N) is 2. The molecule has 2 amide bonds. The van der Waals surface area contributed by atoms with Crippen molar-refractivity contribution in [1.29, 1.82) is 0 Å². The van der Waals surface area contributed by atoms with Crippen LogP contribution in [0.15, 0.2) is 91.1 Å². The third kappa shape index (κ3) is 5.04. The lowest BCUT2D eigenvalue weighted by atomic mass is 9.99. The van der Waals surface area contributed by atoms with Crippen LogP contribution < -0.4 is 15.5 Å². The maximum absolute atomic E-state index is 13.9. The van der Waals surface area contributed by atoms with Gasteiger partial charge in [-0.3, -0.25) is 14.6 Å². The first-order chi connectivity index (χ1) is 17.1. The van der Waals surface area contributed by atoms with E-state index >= 15 is 0 Å². The molecule has 1 aromatic heterocycles. The number of carbonyl (C=O) groups is 2. The number of pyridine rings is 1. The lowest BCUT2D eigenvalue weighted by molar-refractivity contribution is 0.101. The Kier molecular flexibility index (Phi) is 6.22. The third-order valence-electron chi connectivity index (χ3n) is 6.00. The molecular formula is C28H23FN4O2. The van der Waals surface area contributed by atoms with E-state index < -0.39 is 17.6 Å². The van der Waals surface area contributed by atoms with E-state index in [1.54, 1.807) is 30.3 Å². The first-order valence-electron chi connectivity index (χ1n) is 11.3. The van der Waals surface area contributed by atoms with Crippen molar-refractivity contribution >= 4 is 28.9 Å². The number of aromatic nitrogens is 1. The van der Waals surface area contributed by atoms with Crippen LogP contribution in [0.4, 0.5) is 21.5 Å². The van der Waals surface area contributed by atoms with E-state index in [4.69, 9.17) is 0 Å². The monoisotopic (exact) mass is 466 g/mol. The first-order valence-corrected chi connectivity index (χ1v) is 11.3. The largest absolute Gasteiger partial charge is 0.367 e. The lowest BCUT2D eigenvalue weighted by Gasteiger charge is -2.30. The fourth-order valence-electron chi connectivity index (χ4n) is 4.15. The number of anilines is 3. The SMILES string of the molecule is O=C(Nc1cc(F)ccc1NC(=O)c1ccccn1)c1ccc(N2CCc3ccccc3C2)cc1. The predicted octanol–water partition coefficient (Wildman–Crippen LogP) is 5.29. The number of fused-ring (bicyclic) bond motifs is 1. The fourth-order valence-corrected chi connectivity index (χ4v) is 4.15. The zero-order valence-corrected chi connectivity index (χ0v) is 18.9. The van der Waals surface area contributed by atoms with E-state index in [0.29, 0.717) is 5.56 Å². The molecule has 35 heavy (non-hydrogen) atoms. The van der Waals surface area contributed by atoms with Crippen molar-refractivity contribution in [2.24, 2.45) is 0 Å². The number of benzene rings is 3. The van der Waals surface area contributed by atoms with Gasteiger partial charge in [0.15, 0.2) is 0 Å². The number of nitrogens with zero attached hydrogens (tertiary/aromatic N) is 2. The van der Waals surface area contributed by atoms with E-state index in [9.17, 15) is 14.0 Å². The zero-order chi connectivity index (χ0) is 24.2. The number of hydrogen-bond acceptors (Lipinski definition) is 4. The molecule has 7 heteroatoms. The van der Waals surface area contributed by atoms with E-state index in [1.807, 2.05) is 12.1 Å². The minimum Gasteiger partial charge on any atom is -0.367 e. The molecule has 2 heterocycles. The summed E-state index contributed by atoms with van der Waals surface area (Å²) in [5.41, 5.74) is 4.80. The molecule has 1 aliphatic heterocycles. The summed E-state index contributed by atoms with van der Waals surface area (Å²) >= 11 is 0. The highest BCUT2D eigenvalue weighted by Gasteiger charge is 2.17. The van der Waals surface area contributed by atoms with Gasteiger partial charge in [-0.25, -0.2) is 4.39 Å². The Morgan fingerprint density at radius 3 is 2.31 bits per heavy atom. The summed E-state index contributed by atoms with van der Waals surface area (Å²) in [6.45, 7) is 1.73. The number of rotatable bonds is 5. The topological polar surface area (TPSA) is 74.3 Å². The van der Waals surface area contributed by atoms with Gasteiger partial charge in [-0.15, -0.1) is 0 Å². The Balaban J connectivity index is 1.29. The van der Waals surface area contributed by atoms with Gasteiger partial charge in [0, 0.05) is 30.5 Å². The fraction of sp³-hybridized carbons (Fsp3) is 0.107. The highest BCUT2D eigenvalue weighted by Crippen LogP contribution is 2.26. The van der Waals surface area contributed by atoms with Crippen molar-refractivity contribution in [3.8, 4) is 0 Å². The molecule has 0 unspecified atom stereocenters. The second-order valence-electron chi connectivity index (χ2n) is 8.30. The number of carbonyl (C=O) groups excluding carboxylic acids is 2. The Bertz CT molecular complexity index is 1370. The van der Waals surface area contributed by atoms with Gasteiger partial charge < -0.3 is 15.5 Å². The van der Waals surface area contributed by atoms with Crippen molar-refractivity contribution < 1.29 is 14.0 Å². The highest BCUT2D eigenvalue weighted by molar-refractivity contribution is 6.09. The third-order valence-corrected chi connectivity index (χ3v) is 6.00. The summed E-state index contributed by atoms with van der Waals surface area (Å²) in [6, 6.07) is 24.5. The summed E-state index contributed by atoms with van der Waals surface area (Å²) in [5, 5.41) is 5.39. The molecule has 3 aromatic carbocycles. The lowest BCUT2D eigenvalue weighted by Crippen LogP contribution is -2.30. The van der Waals surface area contributed by atoms with Gasteiger partial charge in [0.25, 0.3) is 11.8 Å². The Hall–Kier alpha value is -4.52. The standard InChI is InChI=1S/C28H23FN4O2/c29-22-10-13-24(31-28(35)25-7-3-4-15-30-25)26(17-22)32-27(34)20-8-11-23(12-9-20)33-16-14-19-5-1-2-6-21(19)18-33/h1-13,15,17H,14,16,18H2,(H,31,35)(H,32,34). The molecule has 0 fully saturated rings. The van der Waals surface area contributed by atoms with Crippen LogP contribution in [0, 0.1) is 5.82 Å². The van der Waals surface area contributed by atoms with Crippen LogP contribution in [0.3, 0.4) is 0 Å². The van der Waals surface area contributed by atoms with Gasteiger partial charge in [0.05, 0.1) is 11.4 Å². The van der Waals surface area contributed by atoms with Crippen LogP contribution >= 0.6 is 0 Å². The van der Waals surface area contributed by atoms with E-state index in [-0.39, 0.29) is 17.1 Å². The summed E-state index contributed by atoms with van der Waals surface area (Å²) in [5.74, 6) is -1.39. The molecule has 1 aliphatic rings. The van der Waals surface area contributed by atoms with Crippen LogP contribution in [-0.2, 0) is 13.0 Å². The average Bonchev–Trinajstić information content (AvgIpc) is 2.90. The van der Waals surface area contributed by atoms with Crippen molar-refractivity contribution in [3.05, 3.63) is 119 Å². The van der Waals surface area contributed by atoms with Gasteiger partial charge in [-0.05, 0) is 72.1 Å². The molecule has 174 valence electrons. The summed E-state index contributed by atoms with van der Waals surface area (Å²) in [4.78, 5) is 31.7. The zero-order valence-electron chi connectivity index (χ0n) is 18.9. The van der Waals surface area contributed by atoms with E-state index in [0.717, 1.165) is 25.2 Å². The molecular weight excluding hydrogens is 443 g/mol. The quantitative estimate of drug-likeness (QED) is 0.419. The van der Waals surface area contributed by atoms with Crippen LogP contribution in [0.1, 0.15) is 32.0 Å². The van der Waals surface area contributed by atoms with Gasteiger partial charge in [-0.1, -0.05) is 30.3 Å². The number of halogens is 1. The molecule has 5 rings (SSSR count). The van der Waals surface area contributed by atoms with E-state index in [1.165, 1.54) is 35.5 Å². The van der Waals surface area contributed by atoms with Crippen LogP contribution in [0.5, 0.6) is 0 Å². The summed E-state index contributed by atoms with van der Waals surface area (Å²) in [7, 11) is 0. The molecule has 6 nitrogen and oxygen atoms in total. The van der Waals surface area contributed by atoms with E-state index in [2.05, 4.69) is 44.8 Å². The minimum absolute atomic E-state index is 0.163. The normalized spacial score (nSPS) is 12.5. The van der Waals surface area contributed by atoms with Gasteiger partial charge in [0.1, 0.15) is 11.5 Å². The van der Waals surface area contributed by atoms with Crippen molar-refractivity contribution in [2.75, 3.05) is 22.1 Å². The Morgan fingerprint density at radius 2 is 1.54 bits per heavy atom. The predicted molar refractivity (Wildman–Crippen MR) is 134 cm³/mol. The molecule has 4 aromatic rings. The molecule has 0 radical (unpaired) electrons. The minimum atomic E-state index is -0.531. The van der Waals surface area contributed by atoms with Crippen molar-refractivity contribution in [1.82, 2.24) is 4.98 Å². The smallest absolute Gasteiger partial charge is 0.274 e. The molecule has 0 spiro atoms. The summed E-state index contributed by atoms with van der Waals surface area (Å²) < 4.78 is 13.9. The van der Waals surface area contributed by atoms with Crippen molar-refractivity contribution in [2.45, 2.75) is 13.0 Å². The molecule has 0 saturated carbocycles. The average molecular weight is 467 g/mol. The Morgan fingerprint density at radius 1 is 0.800 bits per heavy atom. The maximum Gasteiger partial charge on any atom is 0.274 e. The van der Waals surface area contributed by atoms with Crippen molar-refractivity contribution in [3.63, 3.8) is 0 Å². The highest BCUT2D eigenvalue weighted by atomic mass is 19.1. The van der Waals surface area contributed by atoms with Crippen LogP contribution in [-0.4, -0.2) is 23.3 Å². The first kappa shape index (κ1) is 22.3. The second kappa shape index (κ2) is 9.77. The van der Waals surface area contributed by atoms with Gasteiger partial charge in [-0.2, -0.15) is 0 Å². The number of hydrogen-bond donors (Lipinski definition) is 2. The molecule has 0 saturated heterocycles. The van der Waals surface area contributed by atoms with Crippen LogP contribution in [0.25, 0.3) is 0 Å². The maximum atomic E-state index is 13.9. The Labute approximate surface area is 202 Å². The number of amides is 2. The second-order valence-corrected chi connectivity index (χ2v) is 8.30. The molecule has 0 atom stereocenters. The molecule has 0 bridgehead atoms. The summed E-state index contributed by atoms with van der Waals surface area (Å²) in [6.07, 6.45) is 2.49.